The lowest BCUT2D eigenvalue weighted by molar-refractivity contribution is -0.614. The van der Waals surface area contributed by atoms with E-state index in [0.29, 0.717) is 28.0 Å². The summed E-state index contributed by atoms with van der Waals surface area (Å²) in [6, 6.07) is 16.7. The lowest BCUT2D eigenvalue weighted by Crippen LogP contribution is -2.34. The minimum atomic E-state index is -0.527. The maximum atomic E-state index is 13.5. The number of hydrogen-bond donors (Lipinski definition) is 2. The van der Waals surface area contributed by atoms with Gasteiger partial charge in [-0.2, -0.15) is 4.73 Å². The van der Waals surface area contributed by atoms with Crippen LogP contribution in [0.3, 0.4) is 0 Å². The number of hydrogen-bond acceptors (Lipinski definition) is 6. The third-order valence-corrected chi connectivity index (χ3v) is 7.36. The molecule has 1 saturated carbocycles. The van der Waals surface area contributed by atoms with Crippen LogP contribution < -0.4 is 10.0 Å². The quantitative estimate of drug-likeness (QED) is 0.160. The molecule has 0 saturated heterocycles. The Morgan fingerprint density at radius 2 is 1.95 bits per heavy atom. The molecule has 10 heteroatoms. The first-order chi connectivity index (χ1) is 19.5. The van der Waals surface area contributed by atoms with Crippen LogP contribution in [0, 0.1) is 11.1 Å². The topological polar surface area (TPSA) is 120 Å². The number of rotatable bonds is 8. The molecule has 0 aliphatic heterocycles. The Hall–Kier alpha value is -4.63. The summed E-state index contributed by atoms with van der Waals surface area (Å²) < 4.78 is 10.7. The zero-order valence-electron chi connectivity index (χ0n) is 21.6. The Labute approximate surface area is 235 Å². The lowest BCUT2D eigenvalue weighted by Gasteiger charge is -2.16. The number of methoxy groups -OCH3 is 1. The molecule has 5 aromatic rings. The van der Waals surface area contributed by atoms with Gasteiger partial charge in [0, 0.05) is 27.9 Å². The van der Waals surface area contributed by atoms with Gasteiger partial charge in [0.05, 0.1) is 19.0 Å². The van der Waals surface area contributed by atoms with Gasteiger partial charge in [-0.05, 0) is 53.8 Å². The van der Waals surface area contributed by atoms with E-state index in [9.17, 15) is 10.0 Å². The fourth-order valence-electron chi connectivity index (χ4n) is 4.87. The summed E-state index contributed by atoms with van der Waals surface area (Å²) in [7, 11) is 1.32. The van der Waals surface area contributed by atoms with Crippen LogP contribution in [-0.2, 0) is 4.74 Å². The maximum Gasteiger partial charge on any atom is 0.411 e. The van der Waals surface area contributed by atoms with Crippen molar-refractivity contribution in [2.24, 2.45) is 5.92 Å². The molecule has 0 radical (unpaired) electrons. The third-order valence-electron chi connectivity index (χ3n) is 7.12. The highest BCUT2D eigenvalue weighted by Crippen LogP contribution is 2.41. The van der Waals surface area contributed by atoms with Crippen molar-refractivity contribution >= 4 is 23.4 Å². The predicted octanol–water partition coefficient (Wildman–Crippen LogP) is 6.80. The Morgan fingerprint density at radius 3 is 2.65 bits per heavy atom. The van der Waals surface area contributed by atoms with Gasteiger partial charge in [-0.25, -0.2) is 14.8 Å². The fourth-order valence-corrected chi connectivity index (χ4v) is 5.04. The molecule has 3 aromatic heterocycles. The fraction of sp³-hybridized carbons (Fsp3) is 0.200. The molecule has 2 aromatic carbocycles. The number of halogens is 1. The van der Waals surface area contributed by atoms with E-state index < -0.39 is 6.09 Å². The molecule has 1 atom stereocenters. The van der Waals surface area contributed by atoms with E-state index >= 15 is 0 Å². The van der Waals surface area contributed by atoms with Crippen LogP contribution in [0.5, 0.6) is 0 Å². The first-order valence-electron chi connectivity index (χ1n) is 12.9. The number of ether oxygens (including phenoxy) is 1. The lowest BCUT2D eigenvalue weighted by atomic mass is 9.94. The number of carbonyl (C=O) groups is 1. The van der Waals surface area contributed by atoms with E-state index in [1.165, 1.54) is 13.5 Å². The third kappa shape index (κ3) is 5.41. The van der Waals surface area contributed by atoms with E-state index in [2.05, 4.69) is 25.0 Å². The Balaban J connectivity index is 1.30. The first-order valence-corrected chi connectivity index (χ1v) is 13.3. The van der Waals surface area contributed by atoms with Crippen LogP contribution in [0.1, 0.15) is 36.7 Å². The number of pyridine rings is 1. The second kappa shape index (κ2) is 10.9. The van der Waals surface area contributed by atoms with E-state index in [1.807, 2.05) is 36.4 Å². The van der Waals surface area contributed by atoms with E-state index in [0.717, 1.165) is 57.8 Å². The van der Waals surface area contributed by atoms with Gasteiger partial charge in [0.15, 0.2) is 12.6 Å². The van der Waals surface area contributed by atoms with Crippen LogP contribution in [0.15, 0.2) is 84.1 Å². The van der Waals surface area contributed by atoms with Crippen LogP contribution in [-0.4, -0.2) is 28.2 Å². The van der Waals surface area contributed by atoms with Crippen molar-refractivity contribution in [2.75, 3.05) is 12.4 Å². The molecule has 0 bridgehead atoms. The molecule has 1 aliphatic carbocycles. The van der Waals surface area contributed by atoms with Gasteiger partial charge in [-0.15, -0.1) is 0 Å². The molecule has 1 fully saturated rings. The van der Waals surface area contributed by atoms with Gasteiger partial charge < -0.3 is 19.3 Å². The molecule has 1 unspecified atom stereocenters. The SMILES string of the molecule is COC(=O)Nc1ccc(-c2cnc(C(CC3CC3)c3ccc(-c4cc(Cl)ccc4-c4cocn4)c[n+]3[O-])[nH]2)cc1. The smallest absolute Gasteiger partial charge is 0.411 e. The van der Waals surface area contributed by atoms with E-state index in [1.54, 1.807) is 36.9 Å². The number of amides is 1. The first kappa shape index (κ1) is 25.6. The van der Waals surface area contributed by atoms with Crippen LogP contribution in [0.2, 0.25) is 5.02 Å². The maximum absolute atomic E-state index is 13.5. The van der Waals surface area contributed by atoms with Gasteiger partial charge in [0.1, 0.15) is 23.7 Å². The molecule has 1 amide bonds. The molecule has 2 N–H and O–H groups in total. The molecular weight excluding hydrogens is 530 g/mol. The summed E-state index contributed by atoms with van der Waals surface area (Å²) in [5, 5.41) is 16.7. The summed E-state index contributed by atoms with van der Waals surface area (Å²) in [6.07, 6.45) is 8.91. The number of benzene rings is 2. The number of aromatic nitrogens is 4. The number of nitrogens with zero attached hydrogens (tertiary/aromatic N) is 3. The number of nitrogens with one attached hydrogen (secondary N) is 2. The highest BCUT2D eigenvalue weighted by atomic mass is 35.5. The van der Waals surface area contributed by atoms with Crippen molar-refractivity contribution in [1.29, 1.82) is 0 Å². The molecule has 202 valence electrons. The zero-order valence-corrected chi connectivity index (χ0v) is 22.4. The summed E-state index contributed by atoms with van der Waals surface area (Å²) in [5.74, 6) is 1.11. The second-order valence-corrected chi connectivity index (χ2v) is 10.3. The molecule has 6 rings (SSSR count). The van der Waals surface area contributed by atoms with E-state index in [-0.39, 0.29) is 5.92 Å². The normalized spacial score (nSPS) is 13.7. The van der Waals surface area contributed by atoms with Crippen molar-refractivity contribution in [3.8, 4) is 33.6 Å². The van der Waals surface area contributed by atoms with Gasteiger partial charge in [0.25, 0.3) is 0 Å². The van der Waals surface area contributed by atoms with E-state index in [4.69, 9.17) is 16.0 Å². The molecule has 40 heavy (non-hydrogen) atoms. The number of oxazole rings is 1. The molecular formula is C30H26ClN5O4. The second-order valence-electron chi connectivity index (χ2n) is 9.84. The van der Waals surface area contributed by atoms with Crippen molar-refractivity contribution in [3.05, 3.63) is 101 Å². The predicted molar refractivity (Wildman–Crippen MR) is 151 cm³/mol. The van der Waals surface area contributed by atoms with Gasteiger partial charge in [-0.3, -0.25) is 5.32 Å². The van der Waals surface area contributed by atoms with Gasteiger partial charge in [0.2, 0.25) is 5.69 Å². The van der Waals surface area contributed by atoms with Crippen LogP contribution in [0.25, 0.3) is 33.6 Å². The van der Waals surface area contributed by atoms with Crippen LogP contribution in [0.4, 0.5) is 10.5 Å². The minimum absolute atomic E-state index is 0.192. The molecule has 3 heterocycles. The summed E-state index contributed by atoms with van der Waals surface area (Å²) >= 11 is 6.32. The summed E-state index contributed by atoms with van der Waals surface area (Å²) in [4.78, 5) is 23.8. The largest absolute Gasteiger partial charge is 0.618 e. The molecule has 9 nitrogen and oxygen atoms in total. The van der Waals surface area contributed by atoms with Crippen LogP contribution >= 0.6 is 11.6 Å². The number of carbonyl (C=O) groups excluding carboxylic acids is 1. The summed E-state index contributed by atoms with van der Waals surface area (Å²) in [5.41, 5.74) is 5.99. The van der Waals surface area contributed by atoms with Crippen molar-refractivity contribution < 1.29 is 18.7 Å². The Bertz CT molecular complexity index is 1650. The van der Waals surface area contributed by atoms with Crippen molar-refractivity contribution in [2.45, 2.75) is 25.2 Å². The average Bonchev–Trinajstić information content (AvgIpc) is 3.39. The minimum Gasteiger partial charge on any atom is -0.618 e. The zero-order chi connectivity index (χ0) is 27.6. The standard InChI is InChI=1S/C30H26ClN5O4/c1-39-30(37)34-22-8-4-19(5-9-22)26-14-32-29(35-26)25(12-18-2-3-18)28-11-6-20(15-36(28)38)24-13-21(31)7-10-23(24)27-16-40-17-33-27/h4-11,13-18,25H,2-3,12H2,1H3,(H,32,35)(H,34,37). The Kier molecular flexibility index (Phi) is 6.96. The number of aromatic amines is 1. The Morgan fingerprint density at radius 1 is 1.15 bits per heavy atom. The van der Waals surface area contributed by atoms with Crippen molar-refractivity contribution in [3.63, 3.8) is 0 Å². The van der Waals surface area contributed by atoms with Gasteiger partial charge >= 0.3 is 6.09 Å². The van der Waals surface area contributed by atoms with Gasteiger partial charge in [-0.1, -0.05) is 42.6 Å². The molecule has 0 spiro atoms. The average molecular weight is 556 g/mol. The molecule has 1 aliphatic rings. The highest BCUT2D eigenvalue weighted by molar-refractivity contribution is 6.31. The monoisotopic (exact) mass is 555 g/mol. The van der Waals surface area contributed by atoms with Crippen molar-refractivity contribution in [1.82, 2.24) is 15.0 Å². The summed E-state index contributed by atoms with van der Waals surface area (Å²) in [6.45, 7) is 0. The highest BCUT2D eigenvalue weighted by Gasteiger charge is 2.33. The number of H-pyrrole nitrogens is 1. The number of anilines is 1. The number of imidazole rings is 1.